The van der Waals surface area contributed by atoms with Gasteiger partial charge in [-0.15, -0.1) is 10.2 Å². The Labute approximate surface area is 297 Å². The second kappa shape index (κ2) is 12.6. The number of aromatic nitrogens is 4. The number of aryl methyl sites for hydroxylation is 2. The van der Waals surface area contributed by atoms with Crippen LogP contribution in [0.4, 0.5) is 17.1 Å². The second-order valence-corrected chi connectivity index (χ2v) is 12.9. The third kappa shape index (κ3) is 5.36. The molecule has 0 radical (unpaired) electrons. The Balaban J connectivity index is 1.13. The first-order chi connectivity index (χ1) is 25.1. The van der Waals surface area contributed by atoms with E-state index in [4.69, 9.17) is 10.2 Å². The zero-order valence-electron chi connectivity index (χ0n) is 28.5. The molecule has 0 bridgehead atoms. The van der Waals surface area contributed by atoms with E-state index in [2.05, 4.69) is 186 Å². The molecule has 5 nitrogen and oxygen atoms in total. The van der Waals surface area contributed by atoms with Gasteiger partial charge in [-0.05, 0) is 104 Å². The van der Waals surface area contributed by atoms with Crippen LogP contribution in [0.15, 0.2) is 176 Å². The summed E-state index contributed by atoms with van der Waals surface area (Å²) in [6, 6.07) is 62.1. The summed E-state index contributed by atoms with van der Waals surface area (Å²) in [7, 11) is 0. The number of anilines is 3. The maximum Gasteiger partial charge on any atom is 0.168 e. The molecule has 0 fully saturated rings. The molecule has 0 N–H and O–H groups in total. The predicted octanol–water partition coefficient (Wildman–Crippen LogP) is 11.8. The van der Waals surface area contributed by atoms with E-state index in [1.54, 1.807) is 0 Å². The van der Waals surface area contributed by atoms with Crippen LogP contribution in [0.25, 0.3) is 56.0 Å². The summed E-state index contributed by atoms with van der Waals surface area (Å²) < 4.78 is 4.54. The van der Waals surface area contributed by atoms with Crippen LogP contribution in [-0.2, 0) is 0 Å². The van der Waals surface area contributed by atoms with Crippen LogP contribution in [-0.4, -0.2) is 19.3 Å². The number of fused-ring (bicyclic) bond motifs is 3. The van der Waals surface area contributed by atoms with E-state index >= 15 is 0 Å². The lowest BCUT2D eigenvalue weighted by molar-refractivity contribution is 1.05. The van der Waals surface area contributed by atoms with E-state index in [0.717, 1.165) is 56.8 Å². The summed E-state index contributed by atoms with van der Waals surface area (Å²) in [6.45, 7) is 4.26. The number of hydrogen-bond acceptors (Lipinski definition) is 3. The van der Waals surface area contributed by atoms with Gasteiger partial charge in [-0.1, -0.05) is 97.1 Å². The van der Waals surface area contributed by atoms with Gasteiger partial charge in [0, 0.05) is 44.6 Å². The molecule has 0 saturated carbocycles. The van der Waals surface area contributed by atoms with Crippen LogP contribution in [0.3, 0.4) is 0 Å². The normalized spacial score (nSPS) is 11.3. The molecule has 244 valence electrons. The first kappa shape index (κ1) is 30.3. The van der Waals surface area contributed by atoms with Gasteiger partial charge in [0.2, 0.25) is 0 Å². The van der Waals surface area contributed by atoms with Crippen molar-refractivity contribution in [1.29, 1.82) is 0 Å². The largest absolute Gasteiger partial charge is 0.311 e. The smallest absolute Gasteiger partial charge is 0.168 e. The predicted molar refractivity (Wildman–Crippen MR) is 211 cm³/mol. The number of rotatable bonds is 7. The molecule has 0 aliphatic rings. The van der Waals surface area contributed by atoms with Gasteiger partial charge in [0.05, 0.1) is 16.7 Å². The highest BCUT2D eigenvalue weighted by Crippen LogP contribution is 2.38. The summed E-state index contributed by atoms with van der Waals surface area (Å²) in [4.78, 5) is 2.30. The minimum atomic E-state index is 0.802. The van der Waals surface area contributed by atoms with Gasteiger partial charge in [0.15, 0.2) is 11.6 Å². The summed E-state index contributed by atoms with van der Waals surface area (Å²) in [5, 5.41) is 12.0. The standard InChI is InChI=1S/C46H35N5/c1-32-21-22-33(2)44(31-32)51-45(34-13-5-3-6-14-34)47-48-46(51)35-23-25-37(26-24-35)49(36-15-7-4-8-16-36)38-27-29-39(30-28-38)50-42-19-11-9-17-40(42)41-18-10-12-20-43(41)50/h3-31H,1-2H3. The minimum absolute atomic E-state index is 0.802. The molecule has 9 rings (SSSR count). The van der Waals surface area contributed by atoms with E-state index in [0.29, 0.717) is 0 Å². The fraction of sp³-hybridized carbons (Fsp3) is 0.0435. The Bertz CT molecular complexity index is 2580. The van der Waals surface area contributed by atoms with Gasteiger partial charge < -0.3 is 9.47 Å². The van der Waals surface area contributed by atoms with Crippen molar-refractivity contribution in [2.45, 2.75) is 13.8 Å². The van der Waals surface area contributed by atoms with E-state index in [1.807, 2.05) is 18.2 Å². The maximum absolute atomic E-state index is 4.78. The molecule has 0 aliphatic heterocycles. The van der Waals surface area contributed by atoms with Crippen molar-refractivity contribution in [2.75, 3.05) is 4.90 Å². The summed E-state index contributed by atoms with van der Waals surface area (Å²) in [5.74, 6) is 1.62. The fourth-order valence-corrected chi connectivity index (χ4v) is 7.17. The number of benzene rings is 7. The Morgan fingerprint density at radius 1 is 0.431 bits per heavy atom. The van der Waals surface area contributed by atoms with Crippen molar-refractivity contribution in [2.24, 2.45) is 0 Å². The van der Waals surface area contributed by atoms with Gasteiger partial charge in [-0.3, -0.25) is 4.57 Å². The van der Waals surface area contributed by atoms with Crippen molar-refractivity contribution < 1.29 is 0 Å². The highest BCUT2D eigenvalue weighted by Gasteiger charge is 2.20. The van der Waals surface area contributed by atoms with Gasteiger partial charge >= 0.3 is 0 Å². The SMILES string of the molecule is Cc1ccc(C)c(-n2c(-c3ccccc3)nnc2-c2ccc(N(c3ccccc3)c3ccc(-n4c5ccccc5c5ccccc54)cc3)cc2)c1. The van der Waals surface area contributed by atoms with E-state index in [9.17, 15) is 0 Å². The van der Waals surface area contributed by atoms with Crippen LogP contribution in [0, 0.1) is 13.8 Å². The molecule has 51 heavy (non-hydrogen) atoms. The first-order valence-corrected chi connectivity index (χ1v) is 17.3. The van der Waals surface area contributed by atoms with E-state index in [1.165, 1.54) is 27.4 Å². The van der Waals surface area contributed by atoms with Crippen LogP contribution in [0.5, 0.6) is 0 Å². The van der Waals surface area contributed by atoms with Crippen LogP contribution < -0.4 is 4.90 Å². The third-order valence-corrected chi connectivity index (χ3v) is 9.64. The number of hydrogen-bond donors (Lipinski definition) is 0. The zero-order valence-corrected chi connectivity index (χ0v) is 28.5. The molecule has 2 aromatic heterocycles. The van der Waals surface area contributed by atoms with E-state index < -0.39 is 0 Å². The molecule has 0 saturated heterocycles. The molecular formula is C46H35N5. The van der Waals surface area contributed by atoms with Crippen LogP contribution in [0.2, 0.25) is 0 Å². The molecule has 9 aromatic rings. The zero-order chi connectivity index (χ0) is 34.3. The molecular weight excluding hydrogens is 623 g/mol. The van der Waals surface area contributed by atoms with Crippen molar-refractivity contribution in [3.63, 3.8) is 0 Å². The Morgan fingerprint density at radius 2 is 0.922 bits per heavy atom. The van der Waals surface area contributed by atoms with Crippen molar-refractivity contribution >= 4 is 38.9 Å². The number of para-hydroxylation sites is 3. The summed E-state index contributed by atoms with van der Waals surface area (Å²) >= 11 is 0. The van der Waals surface area contributed by atoms with Gasteiger partial charge in [0.25, 0.3) is 0 Å². The first-order valence-electron chi connectivity index (χ1n) is 17.3. The van der Waals surface area contributed by atoms with Crippen LogP contribution >= 0.6 is 0 Å². The van der Waals surface area contributed by atoms with Gasteiger partial charge in [0.1, 0.15) is 0 Å². The highest BCUT2D eigenvalue weighted by molar-refractivity contribution is 6.09. The van der Waals surface area contributed by atoms with Crippen LogP contribution in [0.1, 0.15) is 11.1 Å². The number of nitrogens with zero attached hydrogens (tertiary/aromatic N) is 5. The van der Waals surface area contributed by atoms with Gasteiger partial charge in [-0.2, -0.15) is 0 Å². The lowest BCUT2D eigenvalue weighted by atomic mass is 10.1. The third-order valence-electron chi connectivity index (χ3n) is 9.64. The molecule has 0 unspecified atom stereocenters. The maximum atomic E-state index is 4.78. The topological polar surface area (TPSA) is 38.9 Å². The second-order valence-electron chi connectivity index (χ2n) is 12.9. The highest BCUT2D eigenvalue weighted by atomic mass is 15.3. The molecule has 0 atom stereocenters. The average molecular weight is 658 g/mol. The Kier molecular flexibility index (Phi) is 7.51. The summed E-state index contributed by atoms with van der Waals surface area (Å²) in [6.07, 6.45) is 0. The van der Waals surface area contributed by atoms with Crippen molar-refractivity contribution in [1.82, 2.24) is 19.3 Å². The monoisotopic (exact) mass is 657 g/mol. The molecule has 0 spiro atoms. The van der Waals surface area contributed by atoms with E-state index in [-0.39, 0.29) is 0 Å². The average Bonchev–Trinajstić information content (AvgIpc) is 3.78. The van der Waals surface area contributed by atoms with Crippen molar-refractivity contribution in [3.8, 4) is 34.2 Å². The molecule has 2 heterocycles. The molecule has 5 heteroatoms. The molecule has 0 aliphatic carbocycles. The quantitative estimate of drug-likeness (QED) is 0.171. The van der Waals surface area contributed by atoms with Gasteiger partial charge in [-0.25, -0.2) is 0 Å². The fourth-order valence-electron chi connectivity index (χ4n) is 7.17. The lowest BCUT2D eigenvalue weighted by Gasteiger charge is -2.26. The molecule has 7 aromatic carbocycles. The van der Waals surface area contributed by atoms with Crippen molar-refractivity contribution in [3.05, 3.63) is 187 Å². The minimum Gasteiger partial charge on any atom is -0.311 e. The Hall–Kier alpha value is -6.72. The lowest BCUT2D eigenvalue weighted by Crippen LogP contribution is -2.10. The summed E-state index contributed by atoms with van der Waals surface area (Å²) in [5.41, 5.74) is 12.2. The molecule has 0 amide bonds. The Morgan fingerprint density at radius 3 is 1.53 bits per heavy atom.